The van der Waals surface area contributed by atoms with E-state index in [9.17, 15) is 4.79 Å². The maximum absolute atomic E-state index is 11.6. The number of carbonyl (C=O) groups excluding carboxylic acids is 1. The van der Waals surface area contributed by atoms with E-state index in [-0.39, 0.29) is 6.61 Å². The van der Waals surface area contributed by atoms with Crippen molar-refractivity contribution in [3.05, 3.63) is 71.8 Å². The van der Waals surface area contributed by atoms with Crippen molar-refractivity contribution in [3.8, 4) is 0 Å². The normalized spacial score (nSPS) is 10.2. The van der Waals surface area contributed by atoms with Gasteiger partial charge in [0.1, 0.15) is 6.61 Å². The number of ether oxygens (including phenoxy) is 1. The molecule has 0 aliphatic rings. The molecule has 24 heavy (non-hydrogen) atoms. The molecule has 0 atom stereocenters. The number of nitrogens with one attached hydrogen (secondary N) is 1. The van der Waals surface area contributed by atoms with Crippen molar-refractivity contribution in [1.29, 1.82) is 0 Å². The standard InChI is InChI=1S/C19H18N2O2S/c22-19(23-14-17-8-2-1-3-9-17)20-12-5-4-7-16-10-6-11-18(13-16)21-15-24/h1-4,6-11,13H,5,12,14H2,(H,20,22). The molecule has 122 valence electrons. The first-order valence-corrected chi connectivity index (χ1v) is 7.98. The van der Waals surface area contributed by atoms with E-state index in [4.69, 9.17) is 4.74 Å². The number of aliphatic imine (C=N–C) groups is 1. The average Bonchev–Trinajstić information content (AvgIpc) is 2.61. The summed E-state index contributed by atoms with van der Waals surface area (Å²) in [6.07, 6.45) is 4.25. The maximum atomic E-state index is 11.6. The number of amides is 1. The van der Waals surface area contributed by atoms with Gasteiger partial charge in [0.2, 0.25) is 0 Å². The molecule has 2 rings (SSSR count). The van der Waals surface area contributed by atoms with E-state index < -0.39 is 6.09 Å². The van der Waals surface area contributed by atoms with E-state index in [2.05, 4.69) is 27.7 Å². The number of hydrogen-bond donors (Lipinski definition) is 1. The molecule has 0 aliphatic heterocycles. The van der Waals surface area contributed by atoms with Crippen LogP contribution in [0.25, 0.3) is 6.08 Å². The fourth-order valence-corrected chi connectivity index (χ4v) is 2.11. The Morgan fingerprint density at radius 3 is 2.83 bits per heavy atom. The monoisotopic (exact) mass is 338 g/mol. The first kappa shape index (κ1) is 17.6. The molecule has 0 spiro atoms. The van der Waals surface area contributed by atoms with Gasteiger partial charge in [-0.15, -0.1) is 0 Å². The molecule has 4 nitrogen and oxygen atoms in total. The van der Waals surface area contributed by atoms with Gasteiger partial charge in [0, 0.05) is 6.54 Å². The van der Waals surface area contributed by atoms with Crippen molar-refractivity contribution >= 4 is 35.2 Å². The van der Waals surface area contributed by atoms with Gasteiger partial charge < -0.3 is 10.1 Å². The van der Waals surface area contributed by atoms with Crippen molar-refractivity contribution in [2.75, 3.05) is 6.54 Å². The van der Waals surface area contributed by atoms with E-state index in [1.165, 1.54) is 0 Å². The zero-order chi connectivity index (χ0) is 17.0. The van der Waals surface area contributed by atoms with E-state index in [0.717, 1.165) is 16.8 Å². The highest BCUT2D eigenvalue weighted by atomic mass is 32.1. The second-order valence-electron chi connectivity index (χ2n) is 4.98. The molecule has 0 saturated carbocycles. The minimum atomic E-state index is -0.412. The fourth-order valence-electron chi connectivity index (χ4n) is 2.00. The van der Waals surface area contributed by atoms with Gasteiger partial charge >= 0.3 is 6.09 Å². The maximum Gasteiger partial charge on any atom is 0.407 e. The highest BCUT2D eigenvalue weighted by molar-refractivity contribution is 7.78. The SMILES string of the molecule is O=C(NCCC=Cc1cccc(N=C=S)c1)OCc1ccccc1. The number of nitrogens with zero attached hydrogens (tertiary/aromatic N) is 1. The van der Waals surface area contributed by atoms with Crippen molar-refractivity contribution in [1.82, 2.24) is 5.32 Å². The molecular weight excluding hydrogens is 320 g/mol. The van der Waals surface area contributed by atoms with E-state index in [1.54, 1.807) is 0 Å². The summed E-state index contributed by atoms with van der Waals surface area (Å²) in [4.78, 5) is 15.5. The molecule has 0 heterocycles. The summed E-state index contributed by atoms with van der Waals surface area (Å²) in [6.45, 7) is 0.789. The fraction of sp³-hybridized carbons (Fsp3) is 0.158. The molecule has 0 unspecified atom stereocenters. The first-order valence-electron chi connectivity index (χ1n) is 7.57. The van der Waals surface area contributed by atoms with Gasteiger partial charge in [-0.05, 0) is 41.9 Å². The molecule has 0 bridgehead atoms. The van der Waals surface area contributed by atoms with E-state index in [1.807, 2.05) is 66.7 Å². The predicted molar refractivity (Wildman–Crippen MR) is 99.4 cm³/mol. The molecular formula is C19H18N2O2S. The molecule has 1 N–H and O–H groups in total. The Kier molecular flexibility index (Phi) is 7.41. The topological polar surface area (TPSA) is 50.7 Å². The Bertz CT molecular complexity index is 738. The molecule has 1 amide bonds. The minimum absolute atomic E-state index is 0.274. The van der Waals surface area contributed by atoms with Gasteiger partial charge in [0.05, 0.1) is 10.8 Å². The van der Waals surface area contributed by atoms with Crippen LogP contribution in [0.15, 0.2) is 65.7 Å². The lowest BCUT2D eigenvalue weighted by atomic mass is 10.2. The zero-order valence-corrected chi connectivity index (χ0v) is 14.0. The quantitative estimate of drug-likeness (QED) is 0.450. The number of benzene rings is 2. The zero-order valence-electron chi connectivity index (χ0n) is 13.1. The summed E-state index contributed by atoms with van der Waals surface area (Å²) in [5, 5.41) is 5.06. The minimum Gasteiger partial charge on any atom is -0.445 e. The largest absolute Gasteiger partial charge is 0.445 e. The van der Waals surface area contributed by atoms with Crippen LogP contribution < -0.4 is 5.32 Å². The molecule has 0 saturated heterocycles. The molecule has 2 aromatic rings. The number of thiocarbonyl (C=S) groups is 1. The molecule has 5 heteroatoms. The third-order valence-electron chi connectivity index (χ3n) is 3.15. The van der Waals surface area contributed by atoms with Gasteiger partial charge in [-0.3, -0.25) is 0 Å². The van der Waals surface area contributed by atoms with Crippen LogP contribution in [-0.4, -0.2) is 17.8 Å². The Hall–Kier alpha value is -2.75. The summed E-state index contributed by atoms with van der Waals surface area (Å²) in [5.41, 5.74) is 2.76. The Morgan fingerprint density at radius 2 is 2.04 bits per heavy atom. The summed E-state index contributed by atoms with van der Waals surface area (Å²) < 4.78 is 5.13. The van der Waals surface area contributed by atoms with Crippen molar-refractivity contribution in [2.24, 2.45) is 4.99 Å². The van der Waals surface area contributed by atoms with Crippen LogP contribution in [0, 0.1) is 0 Å². The Labute approximate surface area is 146 Å². The van der Waals surface area contributed by atoms with Crippen LogP contribution in [-0.2, 0) is 11.3 Å². The van der Waals surface area contributed by atoms with Gasteiger partial charge in [0.25, 0.3) is 0 Å². The van der Waals surface area contributed by atoms with Crippen molar-refractivity contribution < 1.29 is 9.53 Å². The number of isothiocyanates is 1. The predicted octanol–water partition coefficient (Wildman–Crippen LogP) is 4.75. The van der Waals surface area contributed by atoms with Crippen LogP contribution in [0.3, 0.4) is 0 Å². The first-order chi connectivity index (χ1) is 11.8. The second kappa shape index (κ2) is 10.1. The number of carbonyl (C=O) groups is 1. The summed E-state index contributed by atoms with van der Waals surface area (Å²) in [6, 6.07) is 17.2. The second-order valence-corrected chi connectivity index (χ2v) is 5.16. The summed E-state index contributed by atoms with van der Waals surface area (Å²) >= 11 is 4.59. The highest BCUT2D eigenvalue weighted by Crippen LogP contribution is 2.14. The van der Waals surface area contributed by atoms with Gasteiger partial charge in [-0.2, -0.15) is 4.99 Å². The summed E-state index contributed by atoms with van der Waals surface area (Å²) in [7, 11) is 0. The molecule has 0 radical (unpaired) electrons. The Morgan fingerprint density at radius 1 is 1.21 bits per heavy atom. The van der Waals surface area contributed by atoms with Gasteiger partial charge in [0.15, 0.2) is 0 Å². The lowest BCUT2D eigenvalue weighted by Gasteiger charge is -2.05. The average molecular weight is 338 g/mol. The lowest BCUT2D eigenvalue weighted by molar-refractivity contribution is 0.140. The van der Waals surface area contributed by atoms with Crippen LogP contribution in [0.2, 0.25) is 0 Å². The number of alkyl carbamates (subject to hydrolysis) is 1. The summed E-state index contributed by atoms with van der Waals surface area (Å²) in [5.74, 6) is 0. The molecule has 2 aromatic carbocycles. The van der Waals surface area contributed by atoms with Gasteiger partial charge in [-0.1, -0.05) is 54.6 Å². The van der Waals surface area contributed by atoms with Gasteiger partial charge in [-0.25, -0.2) is 4.79 Å². The number of rotatable bonds is 7. The van der Waals surface area contributed by atoms with Crippen LogP contribution in [0.4, 0.5) is 10.5 Å². The third-order valence-corrected chi connectivity index (χ3v) is 3.24. The van der Waals surface area contributed by atoms with Crippen molar-refractivity contribution in [2.45, 2.75) is 13.0 Å². The van der Waals surface area contributed by atoms with Crippen molar-refractivity contribution in [3.63, 3.8) is 0 Å². The van der Waals surface area contributed by atoms with E-state index >= 15 is 0 Å². The van der Waals surface area contributed by atoms with Crippen LogP contribution in [0.1, 0.15) is 17.5 Å². The molecule has 0 fully saturated rings. The number of hydrogen-bond acceptors (Lipinski definition) is 4. The Balaban J connectivity index is 1.67. The van der Waals surface area contributed by atoms with E-state index in [0.29, 0.717) is 13.0 Å². The van der Waals surface area contributed by atoms with Crippen LogP contribution >= 0.6 is 12.2 Å². The molecule has 0 aromatic heterocycles. The van der Waals surface area contributed by atoms with Crippen LogP contribution in [0.5, 0.6) is 0 Å². The molecule has 0 aliphatic carbocycles. The third kappa shape index (κ3) is 6.57. The lowest BCUT2D eigenvalue weighted by Crippen LogP contribution is -2.24. The smallest absolute Gasteiger partial charge is 0.407 e. The highest BCUT2D eigenvalue weighted by Gasteiger charge is 2.00.